The Morgan fingerprint density at radius 2 is 1.59 bits per heavy atom. The number of pyridine rings is 2. The van der Waals surface area contributed by atoms with E-state index in [0.717, 1.165) is 49.8 Å². The van der Waals surface area contributed by atoms with Gasteiger partial charge in [0.2, 0.25) is 16.9 Å². The second kappa shape index (κ2) is 7.55. The van der Waals surface area contributed by atoms with Crippen molar-refractivity contribution in [3.8, 4) is 11.3 Å². The zero-order valence-electron chi connectivity index (χ0n) is 19.8. The van der Waals surface area contributed by atoms with Gasteiger partial charge >= 0.3 is 6.18 Å². The van der Waals surface area contributed by atoms with Gasteiger partial charge < -0.3 is 4.42 Å². The molecular formula is C28H26F3N2O+. The number of furan rings is 1. The molecule has 5 aromatic rings. The zero-order chi connectivity index (χ0) is 24.4. The average molecular weight is 464 g/mol. The molecule has 174 valence electrons. The van der Waals surface area contributed by atoms with E-state index in [4.69, 9.17) is 4.42 Å². The molecule has 0 aliphatic rings. The highest BCUT2D eigenvalue weighted by Gasteiger charge is 2.47. The van der Waals surface area contributed by atoms with Crippen LogP contribution < -0.4 is 4.57 Å². The molecule has 0 amide bonds. The van der Waals surface area contributed by atoms with Gasteiger partial charge in [-0.05, 0) is 49.6 Å². The number of alkyl halides is 3. The smallest absolute Gasteiger partial charge is 0.394 e. The number of benzene rings is 2. The van der Waals surface area contributed by atoms with Crippen molar-refractivity contribution in [2.75, 3.05) is 0 Å². The lowest BCUT2D eigenvalue weighted by molar-refractivity contribution is -0.633. The number of nitrogens with zero attached hydrogens (tertiary/aromatic N) is 2. The van der Waals surface area contributed by atoms with Crippen LogP contribution in [-0.2, 0) is 13.5 Å². The van der Waals surface area contributed by atoms with Gasteiger partial charge in [-0.25, -0.2) is 4.98 Å². The molecule has 0 saturated carbocycles. The van der Waals surface area contributed by atoms with Crippen LogP contribution in [0, 0.1) is 19.3 Å². The molecule has 0 aliphatic carbocycles. The van der Waals surface area contributed by atoms with Crippen molar-refractivity contribution in [1.82, 2.24) is 4.98 Å². The molecule has 0 unspecified atom stereocenters. The van der Waals surface area contributed by atoms with E-state index < -0.39 is 11.6 Å². The normalized spacial score (nSPS) is 12.8. The fraction of sp³-hybridized carbons (Fsp3) is 0.286. The number of hydrogen-bond donors (Lipinski definition) is 0. The molecule has 34 heavy (non-hydrogen) atoms. The molecule has 0 fully saturated rings. The Kier molecular flexibility index (Phi) is 4.97. The van der Waals surface area contributed by atoms with Crippen molar-refractivity contribution in [1.29, 1.82) is 0 Å². The predicted octanol–water partition coefficient (Wildman–Crippen LogP) is 7.37. The molecule has 0 radical (unpaired) electrons. The minimum absolute atomic E-state index is 0.0869. The fourth-order valence-corrected chi connectivity index (χ4v) is 4.70. The SMILES string of the molecule is Cc1ccc2c(n1)oc1c(-c3ccc4c(CC(C)(C)C(F)(F)F)cccc4[n+]3C)c(C)ccc12. The van der Waals surface area contributed by atoms with E-state index in [1.807, 2.05) is 61.9 Å². The summed E-state index contributed by atoms with van der Waals surface area (Å²) in [5.41, 5.74) is 4.91. The Bertz CT molecular complexity index is 1580. The summed E-state index contributed by atoms with van der Waals surface area (Å²) in [5.74, 6) is 0. The summed E-state index contributed by atoms with van der Waals surface area (Å²) in [6, 6.07) is 17.6. The van der Waals surface area contributed by atoms with Crippen molar-refractivity contribution < 1.29 is 22.2 Å². The van der Waals surface area contributed by atoms with Gasteiger partial charge in [-0.15, -0.1) is 0 Å². The average Bonchev–Trinajstić information content (AvgIpc) is 3.11. The van der Waals surface area contributed by atoms with Gasteiger partial charge in [-0.2, -0.15) is 17.7 Å². The van der Waals surface area contributed by atoms with Crippen molar-refractivity contribution >= 4 is 33.0 Å². The molecule has 3 nitrogen and oxygen atoms in total. The lowest BCUT2D eigenvalue weighted by Gasteiger charge is -2.28. The van der Waals surface area contributed by atoms with Gasteiger partial charge in [0.15, 0.2) is 5.58 Å². The third-order valence-electron chi connectivity index (χ3n) is 6.81. The summed E-state index contributed by atoms with van der Waals surface area (Å²) >= 11 is 0. The van der Waals surface area contributed by atoms with Gasteiger partial charge in [0.1, 0.15) is 7.05 Å². The number of rotatable bonds is 3. The first-order valence-electron chi connectivity index (χ1n) is 11.3. The van der Waals surface area contributed by atoms with Gasteiger partial charge in [0.05, 0.1) is 11.0 Å². The number of aromatic nitrogens is 2. The van der Waals surface area contributed by atoms with Crippen LogP contribution in [0.15, 0.2) is 59.0 Å². The first kappa shape index (κ1) is 22.4. The first-order valence-corrected chi connectivity index (χ1v) is 11.3. The van der Waals surface area contributed by atoms with Crippen LogP contribution in [0.2, 0.25) is 0 Å². The van der Waals surface area contributed by atoms with Crippen LogP contribution in [-0.4, -0.2) is 11.2 Å². The fourth-order valence-electron chi connectivity index (χ4n) is 4.70. The molecule has 3 aromatic heterocycles. The van der Waals surface area contributed by atoms with E-state index in [1.165, 1.54) is 13.8 Å². The Morgan fingerprint density at radius 1 is 0.882 bits per heavy atom. The number of aryl methyl sites for hydroxylation is 3. The molecule has 0 spiro atoms. The van der Waals surface area contributed by atoms with Crippen LogP contribution in [0.25, 0.3) is 44.2 Å². The van der Waals surface area contributed by atoms with E-state index >= 15 is 0 Å². The molecule has 2 aromatic carbocycles. The third-order valence-corrected chi connectivity index (χ3v) is 6.81. The lowest BCUT2D eigenvalue weighted by atomic mass is 9.84. The van der Waals surface area contributed by atoms with E-state index in [1.54, 1.807) is 6.07 Å². The topological polar surface area (TPSA) is 29.9 Å². The van der Waals surface area contributed by atoms with Crippen LogP contribution in [0.5, 0.6) is 0 Å². The zero-order valence-corrected chi connectivity index (χ0v) is 19.8. The standard InChI is InChI=1S/C28H26F3N2O/c1-16-9-11-20-21-12-10-17(2)32-26(21)34-25(20)24(16)23-14-13-19-18(7-6-8-22(19)33(23)5)15-27(3,4)28(29,30)31/h6-14H,15H2,1-5H3/q+1. The summed E-state index contributed by atoms with van der Waals surface area (Å²) in [5, 5.41) is 2.77. The van der Waals surface area contributed by atoms with E-state index in [9.17, 15) is 13.2 Å². The number of fused-ring (bicyclic) bond motifs is 4. The Hall–Kier alpha value is -3.41. The second-order valence-electron chi connectivity index (χ2n) is 9.73. The van der Waals surface area contributed by atoms with Crippen molar-refractivity contribution in [2.24, 2.45) is 12.5 Å². The predicted molar refractivity (Wildman–Crippen MR) is 129 cm³/mol. The molecule has 0 N–H and O–H groups in total. The summed E-state index contributed by atoms with van der Waals surface area (Å²) in [6.07, 6.45) is -4.37. The van der Waals surface area contributed by atoms with Crippen LogP contribution in [0.1, 0.15) is 30.7 Å². The number of hydrogen-bond acceptors (Lipinski definition) is 2. The van der Waals surface area contributed by atoms with Crippen LogP contribution in [0.3, 0.4) is 0 Å². The highest BCUT2D eigenvalue weighted by atomic mass is 19.4. The van der Waals surface area contributed by atoms with Crippen LogP contribution in [0.4, 0.5) is 13.2 Å². The highest BCUT2D eigenvalue weighted by molar-refractivity contribution is 6.08. The third kappa shape index (κ3) is 3.44. The van der Waals surface area contributed by atoms with Crippen molar-refractivity contribution in [3.05, 3.63) is 71.4 Å². The van der Waals surface area contributed by atoms with Gasteiger partial charge in [0.25, 0.3) is 0 Å². The molecule has 6 heteroatoms. The first-order chi connectivity index (χ1) is 16.0. The Labute approximate surface area is 195 Å². The van der Waals surface area contributed by atoms with Gasteiger partial charge in [-0.3, -0.25) is 0 Å². The monoisotopic (exact) mass is 463 g/mol. The number of halogens is 3. The Morgan fingerprint density at radius 3 is 2.32 bits per heavy atom. The summed E-state index contributed by atoms with van der Waals surface area (Å²) in [6.45, 7) is 6.47. The Balaban J connectivity index is 1.72. The van der Waals surface area contributed by atoms with Gasteiger partial charge in [0, 0.05) is 34.0 Å². The molecule has 3 heterocycles. The van der Waals surface area contributed by atoms with Gasteiger partial charge in [-0.1, -0.05) is 38.1 Å². The summed E-state index contributed by atoms with van der Waals surface area (Å²) in [4.78, 5) is 4.55. The van der Waals surface area contributed by atoms with Crippen molar-refractivity contribution in [2.45, 2.75) is 40.3 Å². The van der Waals surface area contributed by atoms with Crippen molar-refractivity contribution in [3.63, 3.8) is 0 Å². The van der Waals surface area contributed by atoms with E-state index in [0.29, 0.717) is 11.3 Å². The molecule has 0 aliphatic heterocycles. The summed E-state index contributed by atoms with van der Waals surface area (Å²) < 4.78 is 49.0. The largest absolute Gasteiger partial charge is 0.437 e. The lowest BCUT2D eigenvalue weighted by Crippen LogP contribution is -2.35. The molecule has 0 saturated heterocycles. The molecule has 0 atom stereocenters. The molecule has 5 rings (SSSR count). The minimum atomic E-state index is -4.28. The van der Waals surface area contributed by atoms with E-state index in [2.05, 4.69) is 17.1 Å². The molecular weight excluding hydrogens is 437 g/mol. The van der Waals surface area contributed by atoms with Crippen LogP contribution >= 0.6 is 0 Å². The highest BCUT2D eigenvalue weighted by Crippen LogP contribution is 2.41. The maximum Gasteiger partial charge on any atom is 0.394 e. The maximum absolute atomic E-state index is 13.6. The quantitative estimate of drug-likeness (QED) is 0.261. The van der Waals surface area contributed by atoms with E-state index in [-0.39, 0.29) is 6.42 Å². The maximum atomic E-state index is 13.6. The second-order valence-corrected chi connectivity index (χ2v) is 9.73. The molecule has 0 bridgehead atoms. The minimum Gasteiger partial charge on any atom is -0.437 e. The summed E-state index contributed by atoms with van der Waals surface area (Å²) in [7, 11) is 1.94.